The van der Waals surface area contributed by atoms with Crippen molar-refractivity contribution in [1.82, 2.24) is 4.90 Å². The molecule has 0 aromatic heterocycles. The normalized spacial score (nSPS) is 15.3. The summed E-state index contributed by atoms with van der Waals surface area (Å²) in [6.07, 6.45) is 1.66. The first-order valence-electron chi connectivity index (χ1n) is 9.01. The fourth-order valence-corrected chi connectivity index (χ4v) is 4.07. The third kappa shape index (κ3) is 5.07. The van der Waals surface area contributed by atoms with Gasteiger partial charge in [-0.25, -0.2) is 0 Å². The molecule has 0 unspecified atom stereocenters. The molecule has 3 rings (SSSR count). The van der Waals surface area contributed by atoms with E-state index in [0.29, 0.717) is 50.8 Å². The second-order valence-corrected chi connectivity index (χ2v) is 7.91. The van der Waals surface area contributed by atoms with Crippen LogP contribution in [0.1, 0.15) is 25.0 Å². The van der Waals surface area contributed by atoms with Gasteiger partial charge in [0.25, 0.3) is 11.1 Å². The van der Waals surface area contributed by atoms with Crippen LogP contribution in [0.4, 0.5) is 4.79 Å². The first-order chi connectivity index (χ1) is 13.9. The van der Waals surface area contributed by atoms with Crippen LogP contribution in [0.5, 0.6) is 11.5 Å². The minimum Gasteiger partial charge on any atom is -0.494 e. The Kier molecular flexibility index (Phi) is 7.11. The maximum absolute atomic E-state index is 12.8. The highest BCUT2D eigenvalue weighted by atomic mass is 35.5. The van der Waals surface area contributed by atoms with E-state index in [1.165, 1.54) is 4.90 Å². The van der Waals surface area contributed by atoms with Crippen molar-refractivity contribution in [2.45, 2.75) is 20.4 Å². The summed E-state index contributed by atoms with van der Waals surface area (Å²) >= 11 is 13.0. The molecule has 0 bridgehead atoms. The molecular weight excluding hydrogens is 433 g/mol. The fraction of sp³-hybridized carbons (Fsp3) is 0.238. The van der Waals surface area contributed by atoms with Crippen LogP contribution in [0.25, 0.3) is 6.08 Å². The van der Waals surface area contributed by atoms with Gasteiger partial charge in [0, 0.05) is 21.7 Å². The Hall–Kier alpha value is -2.15. The molecule has 0 saturated carbocycles. The molecule has 2 aromatic rings. The number of carbonyl (C=O) groups is 2. The van der Waals surface area contributed by atoms with Crippen LogP contribution in [-0.2, 0) is 11.3 Å². The lowest BCUT2D eigenvalue weighted by Crippen LogP contribution is -2.27. The predicted molar refractivity (Wildman–Crippen MR) is 117 cm³/mol. The number of nitrogens with zero attached hydrogens (tertiary/aromatic N) is 1. The molecule has 1 heterocycles. The topological polar surface area (TPSA) is 55.8 Å². The highest BCUT2D eigenvalue weighted by Gasteiger charge is 2.35. The van der Waals surface area contributed by atoms with Crippen LogP contribution >= 0.6 is 35.0 Å². The summed E-state index contributed by atoms with van der Waals surface area (Å²) in [6.45, 7) is 4.86. The Morgan fingerprint density at radius 3 is 2.48 bits per heavy atom. The number of imide groups is 1. The van der Waals surface area contributed by atoms with Gasteiger partial charge in [-0.1, -0.05) is 29.3 Å². The van der Waals surface area contributed by atoms with E-state index in [4.69, 9.17) is 32.7 Å². The molecule has 1 saturated heterocycles. The SMILES string of the molecule is CCOc1ccc(/C=C2\SC(=O)N(Cc3ccc(Cl)cc3Cl)C2=O)c(OCC)c1. The maximum atomic E-state index is 12.8. The average molecular weight is 452 g/mol. The van der Waals surface area contributed by atoms with Crippen molar-refractivity contribution < 1.29 is 19.1 Å². The summed E-state index contributed by atoms with van der Waals surface area (Å²) in [5.74, 6) is 0.895. The monoisotopic (exact) mass is 451 g/mol. The minimum absolute atomic E-state index is 0.0829. The summed E-state index contributed by atoms with van der Waals surface area (Å²) in [4.78, 5) is 26.7. The molecule has 2 aromatic carbocycles. The Morgan fingerprint density at radius 2 is 1.79 bits per heavy atom. The lowest BCUT2D eigenvalue weighted by atomic mass is 10.1. The first kappa shape index (κ1) is 21.6. The molecule has 29 heavy (non-hydrogen) atoms. The Labute approximate surface area is 183 Å². The smallest absolute Gasteiger partial charge is 0.293 e. The van der Waals surface area contributed by atoms with Gasteiger partial charge in [-0.2, -0.15) is 0 Å². The molecule has 8 heteroatoms. The molecular formula is C21H19Cl2NO4S. The van der Waals surface area contributed by atoms with E-state index in [-0.39, 0.29) is 17.7 Å². The minimum atomic E-state index is -0.373. The number of benzene rings is 2. The second-order valence-electron chi connectivity index (χ2n) is 6.07. The van der Waals surface area contributed by atoms with E-state index in [0.717, 1.165) is 11.8 Å². The van der Waals surface area contributed by atoms with E-state index in [9.17, 15) is 9.59 Å². The summed E-state index contributed by atoms with van der Waals surface area (Å²) in [5, 5.41) is 0.550. The van der Waals surface area contributed by atoms with E-state index in [1.54, 1.807) is 42.5 Å². The third-order valence-electron chi connectivity index (χ3n) is 4.10. The first-order valence-corrected chi connectivity index (χ1v) is 10.6. The Balaban J connectivity index is 1.86. The van der Waals surface area contributed by atoms with Crippen molar-refractivity contribution in [3.05, 3.63) is 62.5 Å². The molecule has 5 nitrogen and oxygen atoms in total. The van der Waals surface area contributed by atoms with Gasteiger partial charge >= 0.3 is 0 Å². The lowest BCUT2D eigenvalue weighted by Gasteiger charge is -2.14. The zero-order valence-electron chi connectivity index (χ0n) is 15.9. The summed E-state index contributed by atoms with van der Waals surface area (Å²) in [7, 11) is 0. The van der Waals surface area contributed by atoms with E-state index < -0.39 is 0 Å². The number of thioether (sulfide) groups is 1. The highest BCUT2D eigenvalue weighted by molar-refractivity contribution is 8.18. The molecule has 2 amide bonds. The van der Waals surface area contributed by atoms with Gasteiger partial charge in [-0.05, 0) is 61.5 Å². The van der Waals surface area contributed by atoms with Crippen molar-refractivity contribution >= 4 is 52.2 Å². The van der Waals surface area contributed by atoms with Crippen LogP contribution in [-0.4, -0.2) is 29.3 Å². The fourth-order valence-electron chi connectivity index (χ4n) is 2.77. The molecule has 0 N–H and O–H groups in total. The lowest BCUT2D eigenvalue weighted by molar-refractivity contribution is -0.123. The number of hydrogen-bond donors (Lipinski definition) is 0. The van der Waals surface area contributed by atoms with Crippen molar-refractivity contribution in [3.8, 4) is 11.5 Å². The summed E-state index contributed by atoms with van der Waals surface area (Å²) < 4.78 is 11.2. The number of carbonyl (C=O) groups excluding carboxylic acids is 2. The molecule has 1 aliphatic rings. The summed E-state index contributed by atoms with van der Waals surface area (Å²) in [6, 6.07) is 10.3. The zero-order chi connectivity index (χ0) is 21.0. The van der Waals surface area contributed by atoms with Gasteiger partial charge in [-0.15, -0.1) is 0 Å². The molecule has 0 radical (unpaired) electrons. The van der Waals surface area contributed by atoms with Crippen LogP contribution in [0.15, 0.2) is 41.3 Å². The molecule has 0 spiro atoms. The number of hydrogen-bond acceptors (Lipinski definition) is 5. The molecule has 1 aliphatic heterocycles. The standard InChI is InChI=1S/C21H19Cl2NO4S/c1-3-27-16-8-6-13(18(11-16)28-4-2)9-19-20(25)24(21(26)29-19)12-14-5-7-15(22)10-17(14)23/h5-11H,3-4,12H2,1-2H3/b19-9-. The predicted octanol–water partition coefficient (Wildman–Crippen LogP) is 6.03. The number of amides is 2. The zero-order valence-corrected chi connectivity index (χ0v) is 18.2. The number of rotatable bonds is 7. The van der Waals surface area contributed by atoms with E-state index >= 15 is 0 Å². The van der Waals surface area contributed by atoms with E-state index in [1.807, 2.05) is 13.8 Å². The Morgan fingerprint density at radius 1 is 1.03 bits per heavy atom. The second kappa shape index (κ2) is 9.57. The van der Waals surface area contributed by atoms with Crippen LogP contribution in [0.2, 0.25) is 10.0 Å². The van der Waals surface area contributed by atoms with Crippen molar-refractivity contribution in [3.63, 3.8) is 0 Å². The van der Waals surface area contributed by atoms with Gasteiger partial charge in [0.1, 0.15) is 11.5 Å². The van der Waals surface area contributed by atoms with Crippen molar-refractivity contribution in [2.24, 2.45) is 0 Å². The molecule has 1 fully saturated rings. The van der Waals surface area contributed by atoms with Crippen LogP contribution in [0, 0.1) is 0 Å². The van der Waals surface area contributed by atoms with Crippen LogP contribution < -0.4 is 9.47 Å². The Bertz CT molecular complexity index is 977. The van der Waals surface area contributed by atoms with Gasteiger partial charge in [-0.3, -0.25) is 14.5 Å². The van der Waals surface area contributed by atoms with Gasteiger partial charge < -0.3 is 9.47 Å². The quantitative estimate of drug-likeness (QED) is 0.481. The summed E-state index contributed by atoms with van der Waals surface area (Å²) in [5.41, 5.74) is 1.35. The number of halogens is 2. The average Bonchev–Trinajstić information content (AvgIpc) is 2.93. The van der Waals surface area contributed by atoms with Gasteiger partial charge in [0.05, 0.1) is 24.7 Å². The molecule has 0 atom stereocenters. The van der Waals surface area contributed by atoms with Gasteiger partial charge in [0.2, 0.25) is 0 Å². The van der Waals surface area contributed by atoms with E-state index in [2.05, 4.69) is 0 Å². The number of ether oxygens (including phenoxy) is 2. The molecule has 152 valence electrons. The van der Waals surface area contributed by atoms with Crippen molar-refractivity contribution in [1.29, 1.82) is 0 Å². The van der Waals surface area contributed by atoms with Gasteiger partial charge in [0.15, 0.2) is 0 Å². The van der Waals surface area contributed by atoms with Crippen LogP contribution in [0.3, 0.4) is 0 Å². The third-order valence-corrected chi connectivity index (χ3v) is 5.59. The maximum Gasteiger partial charge on any atom is 0.293 e. The molecule has 0 aliphatic carbocycles. The largest absolute Gasteiger partial charge is 0.494 e. The highest BCUT2D eigenvalue weighted by Crippen LogP contribution is 2.36. The van der Waals surface area contributed by atoms with Crippen molar-refractivity contribution in [2.75, 3.05) is 13.2 Å².